The third kappa shape index (κ3) is 3.64. The summed E-state index contributed by atoms with van der Waals surface area (Å²) in [5.41, 5.74) is 7.44. The van der Waals surface area contributed by atoms with Crippen molar-refractivity contribution in [2.45, 2.75) is 6.92 Å². The van der Waals surface area contributed by atoms with Crippen molar-refractivity contribution in [3.8, 4) is 45.1 Å². The van der Waals surface area contributed by atoms with Gasteiger partial charge in [-0.2, -0.15) is 0 Å². The van der Waals surface area contributed by atoms with Crippen molar-refractivity contribution in [1.29, 1.82) is 0 Å². The quantitative estimate of drug-likeness (QED) is 0.345. The average Bonchev–Trinajstić information content (AvgIpc) is 3.22. The molecule has 0 amide bonds. The van der Waals surface area contributed by atoms with Crippen molar-refractivity contribution in [1.82, 2.24) is 4.98 Å². The molecular formula is C25H18BrNO2. The SMILES string of the molecule is Cc1ccc(-c2cc(-c3ccc4c(c3)OCO4)cc(-c3ccc(Br)cc3)n2)cc1. The standard InChI is InChI=1S/C25H18BrNO2/c1-16-2-4-17(5-3-16)22-12-20(19-8-11-24-25(14-19)29-15-28-24)13-23(27-22)18-6-9-21(26)10-7-18/h2-14H,15H2,1H3. The summed E-state index contributed by atoms with van der Waals surface area (Å²) in [7, 11) is 0. The van der Waals surface area contributed by atoms with Crippen molar-refractivity contribution < 1.29 is 9.47 Å². The highest BCUT2D eigenvalue weighted by atomic mass is 79.9. The number of aromatic nitrogens is 1. The number of ether oxygens (including phenoxy) is 2. The number of hydrogen-bond acceptors (Lipinski definition) is 3. The highest BCUT2D eigenvalue weighted by molar-refractivity contribution is 9.10. The van der Waals surface area contributed by atoms with Crippen LogP contribution in [0.15, 0.2) is 83.3 Å². The van der Waals surface area contributed by atoms with Gasteiger partial charge < -0.3 is 9.47 Å². The molecule has 0 aliphatic carbocycles. The summed E-state index contributed by atoms with van der Waals surface area (Å²) in [6.45, 7) is 2.36. The van der Waals surface area contributed by atoms with Crippen LogP contribution in [-0.2, 0) is 0 Å². The lowest BCUT2D eigenvalue weighted by molar-refractivity contribution is 0.174. The summed E-state index contributed by atoms with van der Waals surface area (Å²) in [6, 6.07) is 27.0. The van der Waals surface area contributed by atoms with Gasteiger partial charge in [-0.1, -0.05) is 64.0 Å². The molecule has 0 N–H and O–H groups in total. The molecule has 4 heteroatoms. The Bertz CT molecular complexity index is 1120. The molecule has 0 bridgehead atoms. The summed E-state index contributed by atoms with van der Waals surface area (Å²) in [4.78, 5) is 4.96. The number of pyridine rings is 1. The number of nitrogens with zero attached hydrogens (tertiary/aromatic N) is 1. The second kappa shape index (κ2) is 7.37. The summed E-state index contributed by atoms with van der Waals surface area (Å²) in [6.07, 6.45) is 0. The molecule has 3 aromatic carbocycles. The topological polar surface area (TPSA) is 31.4 Å². The van der Waals surface area contributed by atoms with Gasteiger partial charge in [0, 0.05) is 15.6 Å². The molecule has 4 aromatic rings. The molecule has 1 aliphatic rings. The third-order valence-electron chi connectivity index (χ3n) is 5.02. The van der Waals surface area contributed by atoms with Gasteiger partial charge in [-0.15, -0.1) is 0 Å². The highest BCUT2D eigenvalue weighted by Gasteiger charge is 2.15. The molecular weight excluding hydrogens is 426 g/mol. The summed E-state index contributed by atoms with van der Waals surface area (Å²) < 4.78 is 12.1. The molecule has 29 heavy (non-hydrogen) atoms. The number of rotatable bonds is 3. The third-order valence-corrected chi connectivity index (χ3v) is 5.55. The van der Waals surface area contributed by atoms with Crippen LogP contribution in [0.25, 0.3) is 33.6 Å². The fourth-order valence-electron chi connectivity index (χ4n) is 3.41. The molecule has 0 fully saturated rings. The van der Waals surface area contributed by atoms with Crippen LogP contribution in [0.2, 0.25) is 0 Å². The van der Waals surface area contributed by atoms with Gasteiger partial charge in [-0.3, -0.25) is 0 Å². The van der Waals surface area contributed by atoms with Crippen LogP contribution in [0.1, 0.15) is 5.56 Å². The van der Waals surface area contributed by atoms with E-state index in [9.17, 15) is 0 Å². The van der Waals surface area contributed by atoms with E-state index in [-0.39, 0.29) is 6.79 Å². The molecule has 2 heterocycles. The smallest absolute Gasteiger partial charge is 0.231 e. The number of hydrogen-bond donors (Lipinski definition) is 0. The van der Waals surface area contributed by atoms with Gasteiger partial charge in [0.2, 0.25) is 6.79 Å². The zero-order chi connectivity index (χ0) is 19.8. The molecule has 0 spiro atoms. The van der Waals surface area contributed by atoms with Crippen LogP contribution in [-0.4, -0.2) is 11.8 Å². The van der Waals surface area contributed by atoms with E-state index >= 15 is 0 Å². The fourth-order valence-corrected chi connectivity index (χ4v) is 3.68. The largest absolute Gasteiger partial charge is 0.454 e. The fraction of sp³-hybridized carbons (Fsp3) is 0.0800. The van der Waals surface area contributed by atoms with Crippen LogP contribution >= 0.6 is 15.9 Å². The van der Waals surface area contributed by atoms with Crippen LogP contribution in [0.3, 0.4) is 0 Å². The average molecular weight is 444 g/mol. The number of fused-ring (bicyclic) bond motifs is 1. The Balaban J connectivity index is 1.67. The Kier molecular flexibility index (Phi) is 4.57. The second-order valence-electron chi connectivity index (χ2n) is 7.07. The maximum absolute atomic E-state index is 5.57. The monoisotopic (exact) mass is 443 g/mol. The van der Waals surface area contributed by atoms with Gasteiger partial charge in [-0.25, -0.2) is 4.98 Å². The molecule has 1 aliphatic heterocycles. The minimum Gasteiger partial charge on any atom is -0.454 e. The van der Waals surface area contributed by atoms with Crippen molar-refractivity contribution in [2.75, 3.05) is 6.79 Å². The molecule has 1 aromatic heterocycles. The van der Waals surface area contributed by atoms with Gasteiger partial charge in [0.15, 0.2) is 11.5 Å². The van der Waals surface area contributed by atoms with E-state index in [0.29, 0.717) is 0 Å². The van der Waals surface area contributed by atoms with E-state index in [1.54, 1.807) is 0 Å². The van der Waals surface area contributed by atoms with Crippen LogP contribution in [0.5, 0.6) is 11.5 Å². The van der Waals surface area contributed by atoms with Gasteiger partial charge in [-0.05, 0) is 54.4 Å². The summed E-state index contributed by atoms with van der Waals surface area (Å²) in [5.74, 6) is 1.57. The molecule has 0 unspecified atom stereocenters. The van der Waals surface area contributed by atoms with E-state index in [1.807, 2.05) is 24.3 Å². The number of halogens is 1. The van der Waals surface area contributed by atoms with Gasteiger partial charge >= 0.3 is 0 Å². The van der Waals surface area contributed by atoms with Gasteiger partial charge in [0.1, 0.15) is 0 Å². The Morgan fingerprint density at radius 2 is 1.24 bits per heavy atom. The molecule has 3 nitrogen and oxygen atoms in total. The van der Waals surface area contributed by atoms with Crippen LogP contribution in [0, 0.1) is 6.92 Å². The first kappa shape index (κ1) is 18.0. The van der Waals surface area contributed by atoms with E-state index < -0.39 is 0 Å². The van der Waals surface area contributed by atoms with Gasteiger partial charge in [0.05, 0.1) is 11.4 Å². The zero-order valence-corrected chi connectivity index (χ0v) is 17.4. The lowest BCUT2D eigenvalue weighted by atomic mass is 9.99. The van der Waals surface area contributed by atoms with E-state index in [2.05, 4.69) is 77.5 Å². The summed E-state index contributed by atoms with van der Waals surface area (Å²) >= 11 is 3.51. The predicted octanol–water partition coefficient (Wildman–Crippen LogP) is 6.88. The minimum atomic E-state index is 0.272. The Morgan fingerprint density at radius 1 is 0.655 bits per heavy atom. The molecule has 0 radical (unpaired) electrons. The number of benzene rings is 3. The zero-order valence-electron chi connectivity index (χ0n) is 15.9. The van der Waals surface area contributed by atoms with Gasteiger partial charge in [0.25, 0.3) is 0 Å². The lowest BCUT2D eigenvalue weighted by Gasteiger charge is -2.11. The normalized spacial score (nSPS) is 12.2. The first-order chi connectivity index (χ1) is 14.2. The molecule has 142 valence electrons. The summed E-state index contributed by atoms with van der Waals surface area (Å²) in [5, 5.41) is 0. The Morgan fingerprint density at radius 3 is 1.93 bits per heavy atom. The maximum Gasteiger partial charge on any atom is 0.231 e. The molecule has 0 saturated carbocycles. The minimum absolute atomic E-state index is 0.272. The van der Waals surface area contributed by atoms with E-state index in [4.69, 9.17) is 14.5 Å². The lowest BCUT2D eigenvalue weighted by Crippen LogP contribution is -1.93. The van der Waals surface area contributed by atoms with Crippen LogP contribution in [0.4, 0.5) is 0 Å². The van der Waals surface area contributed by atoms with E-state index in [0.717, 1.165) is 49.6 Å². The molecule has 5 rings (SSSR count). The van der Waals surface area contributed by atoms with Crippen molar-refractivity contribution in [2.24, 2.45) is 0 Å². The maximum atomic E-state index is 5.57. The van der Waals surface area contributed by atoms with Crippen molar-refractivity contribution >= 4 is 15.9 Å². The highest BCUT2D eigenvalue weighted by Crippen LogP contribution is 2.37. The van der Waals surface area contributed by atoms with Crippen molar-refractivity contribution in [3.63, 3.8) is 0 Å². The first-order valence-corrected chi connectivity index (χ1v) is 10.2. The number of aryl methyl sites for hydroxylation is 1. The molecule has 0 saturated heterocycles. The van der Waals surface area contributed by atoms with Crippen molar-refractivity contribution in [3.05, 3.63) is 88.9 Å². The Labute approximate surface area is 178 Å². The van der Waals surface area contributed by atoms with E-state index in [1.165, 1.54) is 5.56 Å². The molecule has 0 atom stereocenters. The van der Waals surface area contributed by atoms with Crippen LogP contribution < -0.4 is 9.47 Å². The second-order valence-corrected chi connectivity index (χ2v) is 7.98. The Hall–Kier alpha value is -3.11. The first-order valence-electron chi connectivity index (χ1n) is 9.41. The predicted molar refractivity (Wildman–Crippen MR) is 119 cm³/mol.